The number of nitrogens with zero attached hydrogens (tertiary/aromatic N) is 4. The molecule has 1 aliphatic heterocycles. The van der Waals surface area contributed by atoms with Crippen LogP contribution in [0.1, 0.15) is 36.0 Å². The number of anilines is 2. The molecule has 0 saturated carbocycles. The highest BCUT2D eigenvalue weighted by atomic mass is 35.5. The Morgan fingerprint density at radius 2 is 1.95 bits per heavy atom. The van der Waals surface area contributed by atoms with Gasteiger partial charge in [-0.05, 0) is 55.2 Å². The van der Waals surface area contributed by atoms with Crippen LogP contribution in [0.2, 0.25) is 5.02 Å². The lowest BCUT2D eigenvalue weighted by molar-refractivity contribution is -0.132. The molecule has 5 rings (SSSR count). The van der Waals surface area contributed by atoms with Gasteiger partial charge in [-0.2, -0.15) is 0 Å². The van der Waals surface area contributed by atoms with Crippen LogP contribution in [0.25, 0.3) is 21.3 Å². The molecule has 38 heavy (non-hydrogen) atoms. The minimum absolute atomic E-state index is 0.0109. The van der Waals surface area contributed by atoms with Crippen LogP contribution in [0.4, 0.5) is 11.1 Å². The maximum absolute atomic E-state index is 13.0. The summed E-state index contributed by atoms with van der Waals surface area (Å²) in [5, 5.41) is 14.0. The maximum atomic E-state index is 13.0. The minimum Gasteiger partial charge on any atom is -0.396 e. The molecule has 1 fully saturated rings. The summed E-state index contributed by atoms with van der Waals surface area (Å²) in [6.07, 6.45) is 1.94. The lowest BCUT2D eigenvalue weighted by Crippen LogP contribution is -2.39. The number of halogens is 1. The van der Waals surface area contributed by atoms with E-state index >= 15 is 0 Å². The van der Waals surface area contributed by atoms with Crippen molar-refractivity contribution in [2.45, 2.75) is 32.2 Å². The number of imidazole rings is 1. The van der Waals surface area contributed by atoms with E-state index in [1.165, 1.54) is 11.3 Å². The molecule has 0 aliphatic carbocycles. The third-order valence-electron chi connectivity index (χ3n) is 6.95. The highest BCUT2D eigenvalue weighted by Gasteiger charge is 2.23. The molecule has 2 aromatic carbocycles. The summed E-state index contributed by atoms with van der Waals surface area (Å²) in [5.41, 5.74) is 2.92. The lowest BCUT2D eigenvalue weighted by Gasteiger charge is -2.31. The average molecular weight is 556 g/mol. The van der Waals surface area contributed by atoms with Crippen LogP contribution >= 0.6 is 22.9 Å². The van der Waals surface area contributed by atoms with Crippen LogP contribution in [-0.2, 0) is 16.1 Å². The Bertz CT molecular complexity index is 1460. The number of thiazole rings is 1. The topological polar surface area (TPSA) is 110 Å². The van der Waals surface area contributed by atoms with Crippen LogP contribution in [0.15, 0.2) is 36.4 Å². The highest BCUT2D eigenvalue weighted by Crippen LogP contribution is 2.31. The average Bonchev–Trinajstić information content (AvgIpc) is 3.49. The molecule has 2 aromatic heterocycles. The predicted octanol–water partition coefficient (Wildman–Crippen LogP) is 4.88. The van der Waals surface area contributed by atoms with E-state index in [0.717, 1.165) is 28.6 Å². The van der Waals surface area contributed by atoms with Crippen LogP contribution < -0.4 is 5.32 Å². The van der Waals surface area contributed by atoms with Crippen molar-refractivity contribution in [1.29, 1.82) is 0 Å². The lowest BCUT2D eigenvalue weighted by atomic mass is 9.97. The smallest absolute Gasteiger partial charge is 0.223 e. The normalized spacial score (nSPS) is 14.4. The van der Waals surface area contributed by atoms with Crippen molar-refractivity contribution in [3.8, 4) is 0 Å². The Morgan fingerprint density at radius 3 is 2.71 bits per heavy atom. The largest absolute Gasteiger partial charge is 0.396 e. The van der Waals surface area contributed by atoms with Gasteiger partial charge in [0.2, 0.25) is 11.9 Å². The molecule has 3 heterocycles. The van der Waals surface area contributed by atoms with Crippen LogP contribution in [0, 0.1) is 5.92 Å². The molecular formula is C27H30ClN5O4S. The first-order valence-electron chi connectivity index (χ1n) is 12.7. The second-order valence-electron chi connectivity index (χ2n) is 9.47. The zero-order valence-electron chi connectivity index (χ0n) is 21.2. The highest BCUT2D eigenvalue weighted by molar-refractivity contribution is 7.22. The van der Waals surface area contributed by atoms with Crippen molar-refractivity contribution in [1.82, 2.24) is 19.4 Å². The number of aromatic nitrogens is 3. The van der Waals surface area contributed by atoms with Gasteiger partial charge in [-0.1, -0.05) is 22.9 Å². The Morgan fingerprint density at radius 1 is 1.13 bits per heavy atom. The summed E-state index contributed by atoms with van der Waals surface area (Å²) in [5.74, 6) is 0.773. The molecule has 200 valence electrons. The fourth-order valence-corrected chi connectivity index (χ4v) is 5.88. The number of carbonyl (C=O) groups excluding carboxylic acids is 2. The standard InChI is InChI=1S/C27H30ClN5O4S/c1-37-13-12-33-22-5-2-18(23(35)6-7-25(36)32-10-8-17(16-34)9-11-32)14-21(22)29-26(33)31-27-30-20-4-3-19(28)15-24(20)38-27/h2-5,14-15,17,34H,6-13,16H2,1H3,(H,29,30,31). The number of piperidine rings is 1. The van der Waals surface area contributed by atoms with Crippen LogP contribution in [-0.4, -0.2) is 69.6 Å². The van der Waals surface area contributed by atoms with Gasteiger partial charge in [-0.15, -0.1) is 0 Å². The van der Waals surface area contributed by atoms with Gasteiger partial charge in [0, 0.05) is 56.8 Å². The van der Waals surface area contributed by atoms with Crippen molar-refractivity contribution < 1.29 is 19.4 Å². The van der Waals surface area contributed by atoms with Crippen molar-refractivity contribution >= 4 is 67.0 Å². The molecule has 9 nitrogen and oxygen atoms in total. The quantitative estimate of drug-likeness (QED) is 0.268. The summed E-state index contributed by atoms with van der Waals surface area (Å²) >= 11 is 7.61. The Hall–Kier alpha value is -3.05. The van der Waals surface area contributed by atoms with Crippen molar-refractivity contribution in [2.24, 2.45) is 5.92 Å². The number of amides is 1. The van der Waals surface area contributed by atoms with Gasteiger partial charge < -0.3 is 24.6 Å². The number of aliphatic hydroxyl groups excluding tert-OH is 1. The Labute approximate surface area is 229 Å². The molecule has 1 aliphatic rings. The molecule has 4 aromatic rings. The number of ether oxygens (including phenoxy) is 1. The summed E-state index contributed by atoms with van der Waals surface area (Å²) in [4.78, 5) is 36.8. The molecule has 0 radical (unpaired) electrons. The molecule has 1 amide bonds. The van der Waals surface area contributed by atoms with E-state index in [1.807, 2.05) is 28.8 Å². The second-order valence-corrected chi connectivity index (χ2v) is 10.9. The minimum atomic E-state index is -0.0884. The van der Waals surface area contributed by atoms with E-state index in [0.29, 0.717) is 53.4 Å². The molecule has 0 atom stereocenters. The summed E-state index contributed by atoms with van der Waals surface area (Å²) in [6.45, 7) is 2.51. The van der Waals surface area contributed by atoms with E-state index in [9.17, 15) is 14.7 Å². The first-order valence-corrected chi connectivity index (χ1v) is 13.9. The zero-order valence-corrected chi connectivity index (χ0v) is 22.7. The summed E-state index contributed by atoms with van der Waals surface area (Å²) in [7, 11) is 1.65. The van der Waals surface area contributed by atoms with E-state index in [2.05, 4.69) is 10.3 Å². The molecule has 11 heteroatoms. The molecule has 0 bridgehead atoms. The number of likely N-dealkylation sites (tertiary alicyclic amines) is 1. The zero-order chi connectivity index (χ0) is 26.6. The number of hydrogen-bond acceptors (Lipinski definition) is 8. The second kappa shape index (κ2) is 11.8. The first-order chi connectivity index (χ1) is 18.4. The molecular weight excluding hydrogens is 526 g/mol. The molecule has 0 spiro atoms. The SMILES string of the molecule is COCCn1c(Nc2nc3ccc(Cl)cc3s2)nc2cc(C(=O)CCC(=O)N3CCC(CO)CC3)ccc21. The van der Waals surface area contributed by atoms with Gasteiger partial charge in [-0.25, -0.2) is 9.97 Å². The van der Waals surface area contributed by atoms with Crippen LogP contribution in [0.5, 0.6) is 0 Å². The van der Waals surface area contributed by atoms with Gasteiger partial charge >= 0.3 is 0 Å². The predicted molar refractivity (Wildman–Crippen MR) is 149 cm³/mol. The van der Waals surface area contributed by atoms with E-state index in [-0.39, 0.29) is 37.1 Å². The summed E-state index contributed by atoms with van der Waals surface area (Å²) in [6, 6.07) is 11.0. The number of carbonyl (C=O) groups is 2. The number of Topliss-reactive ketones (excluding diaryl/α,β-unsaturated/α-hetero) is 1. The molecule has 1 saturated heterocycles. The van der Waals surface area contributed by atoms with Gasteiger partial charge in [0.05, 0.1) is 27.9 Å². The number of ketones is 1. The molecule has 0 unspecified atom stereocenters. The van der Waals surface area contributed by atoms with Crippen molar-refractivity contribution in [2.75, 3.05) is 38.7 Å². The van der Waals surface area contributed by atoms with Gasteiger partial charge in [-0.3, -0.25) is 9.59 Å². The third kappa shape index (κ3) is 5.83. The Balaban J connectivity index is 1.31. The number of hydrogen-bond donors (Lipinski definition) is 2. The van der Waals surface area contributed by atoms with E-state index in [4.69, 9.17) is 21.3 Å². The van der Waals surface area contributed by atoms with Crippen molar-refractivity contribution in [3.05, 3.63) is 47.0 Å². The number of rotatable bonds is 10. The van der Waals surface area contributed by atoms with Crippen molar-refractivity contribution in [3.63, 3.8) is 0 Å². The number of aliphatic hydroxyl groups is 1. The number of nitrogens with one attached hydrogen (secondary N) is 1. The Kier molecular flexibility index (Phi) is 8.23. The third-order valence-corrected chi connectivity index (χ3v) is 8.12. The number of benzene rings is 2. The van der Waals surface area contributed by atoms with Gasteiger partial charge in [0.25, 0.3) is 0 Å². The maximum Gasteiger partial charge on any atom is 0.223 e. The number of fused-ring (bicyclic) bond motifs is 2. The summed E-state index contributed by atoms with van der Waals surface area (Å²) < 4.78 is 8.28. The monoisotopic (exact) mass is 555 g/mol. The van der Waals surface area contributed by atoms with Gasteiger partial charge in [0.1, 0.15) is 0 Å². The fraction of sp³-hybridized carbons (Fsp3) is 0.407. The fourth-order valence-electron chi connectivity index (χ4n) is 4.74. The first kappa shape index (κ1) is 26.6. The van der Waals surface area contributed by atoms with E-state index < -0.39 is 0 Å². The van der Waals surface area contributed by atoms with Gasteiger partial charge in [0.15, 0.2) is 10.9 Å². The molecule has 2 N–H and O–H groups in total. The van der Waals surface area contributed by atoms with Crippen LogP contribution in [0.3, 0.4) is 0 Å². The van der Waals surface area contributed by atoms with E-state index in [1.54, 1.807) is 24.1 Å². The number of methoxy groups -OCH3 is 1.